The molecule has 0 aliphatic rings. The fourth-order valence-corrected chi connectivity index (χ4v) is 3.35. The van der Waals surface area contributed by atoms with E-state index in [1.165, 1.54) is 0 Å². The minimum absolute atomic E-state index is 0.541. The molecule has 1 unspecified atom stereocenters. The number of hydrogen-bond acceptors (Lipinski definition) is 3. The highest BCUT2D eigenvalue weighted by Crippen LogP contribution is 2.35. The molecule has 2 heterocycles. The van der Waals surface area contributed by atoms with E-state index in [0.717, 1.165) is 21.2 Å². The monoisotopic (exact) mass is 399 g/mol. The highest BCUT2D eigenvalue weighted by atomic mass is 127. The van der Waals surface area contributed by atoms with Crippen LogP contribution >= 0.6 is 44.3 Å². The van der Waals surface area contributed by atoms with Crippen LogP contribution in [0.4, 0.5) is 0 Å². The number of aromatic nitrogens is 3. The van der Waals surface area contributed by atoms with Crippen LogP contribution in [-0.4, -0.2) is 21.6 Å². The van der Waals surface area contributed by atoms with E-state index in [9.17, 15) is 0 Å². The van der Waals surface area contributed by atoms with E-state index in [4.69, 9.17) is 4.74 Å². The molecule has 0 aromatic carbocycles. The average molecular weight is 400 g/mol. The highest BCUT2D eigenvalue weighted by Gasteiger charge is 2.14. The molecule has 4 nitrogen and oxygen atoms in total. The number of nitrogens with zero attached hydrogens (tertiary/aromatic N) is 3. The van der Waals surface area contributed by atoms with Gasteiger partial charge in [-0.1, -0.05) is 0 Å². The molecule has 7 heteroatoms. The molecular formula is C8H8BrIN3OP. The van der Waals surface area contributed by atoms with Crippen LogP contribution in [0, 0.1) is 6.92 Å². The Bertz CT molecular complexity index is 516. The summed E-state index contributed by atoms with van der Waals surface area (Å²) in [6.07, 6.45) is 0.541. The van der Waals surface area contributed by atoms with Crippen molar-refractivity contribution in [3.8, 4) is 5.88 Å². The van der Waals surface area contributed by atoms with E-state index in [0.29, 0.717) is 12.3 Å². The molecule has 0 radical (unpaired) electrons. The van der Waals surface area contributed by atoms with Crippen molar-refractivity contribution in [3.63, 3.8) is 0 Å². The Morgan fingerprint density at radius 3 is 2.93 bits per heavy atom. The lowest BCUT2D eigenvalue weighted by Gasteiger charge is -2.03. The molecule has 2 aromatic heterocycles. The number of fused-ring (bicyclic) bond motifs is 1. The Morgan fingerprint density at radius 1 is 1.60 bits per heavy atom. The quantitative estimate of drug-likeness (QED) is 0.442. The molecule has 0 saturated carbocycles. The van der Waals surface area contributed by atoms with Crippen molar-refractivity contribution in [1.82, 2.24) is 14.5 Å². The number of rotatable bonds is 2. The van der Waals surface area contributed by atoms with E-state index in [1.54, 1.807) is 7.11 Å². The fourth-order valence-electron chi connectivity index (χ4n) is 1.42. The van der Waals surface area contributed by atoms with Crippen molar-refractivity contribution in [1.29, 1.82) is 0 Å². The molecule has 0 fully saturated rings. The van der Waals surface area contributed by atoms with Crippen LogP contribution in [0.2, 0.25) is 0 Å². The van der Waals surface area contributed by atoms with Gasteiger partial charge in [0, 0.05) is 5.39 Å². The number of ether oxygens (including phenoxy) is 1. The molecule has 0 saturated heterocycles. The van der Waals surface area contributed by atoms with Gasteiger partial charge in [0.05, 0.1) is 19.2 Å². The van der Waals surface area contributed by atoms with Crippen LogP contribution in [0.15, 0.2) is 10.7 Å². The molecule has 0 amide bonds. The van der Waals surface area contributed by atoms with Crippen LogP contribution in [-0.2, 0) is 0 Å². The zero-order valence-electron chi connectivity index (χ0n) is 8.08. The lowest BCUT2D eigenvalue weighted by Crippen LogP contribution is -1.92. The first-order valence-electron chi connectivity index (χ1n) is 4.14. The van der Waals surface area contributed by atoms with Crippen molar-refractivity contribution < 1.29 is 4.74 Å². The summed E-state index contributed by atoms with van der Waals surface area (Å²) >= 11 is 5.65. The smallest absolute Gasteiger partial charge is 0.241 e. The molecule has 80 valence electrons. The lowest BCUT2D eigenvalue weighted by molar-refractivity contribution is 0.401. The van der Waals surface area contributed by atoms with Crippen LogP contribution in [0.1, 0.15) is 5.69 Å². The Morgan fingerprint density at radius 2 is 2.33 bits per heavy atom. The molecule has 15 heavy (non-hydrogen) atoms. The van der Waals surface area contributed by atoms with Crippen molar-refractivity contribution in [3.05, 3.63) is 16.4 Å². The molecule has 0 bridgehead atoms. The lowest BCUT2D eigenvalue weighted by atomic mass is 10.2. The van der Waals surface area contributed by atoms with Crippen molar-refractivity contribution in [2.75, 3.05) is 7.11 Å². The van der Waals surface area contributed by atoms with Crippen LogP contribution in [0.5, 0.6) is 5.88 Å². The fraction of sp³-hybridized carbons (Fsp3) is 0.250. The first-order valence-corrected chi connectivity index (χ1v) is 8.99. The Kier molecular flexibility index (Phi) is 3.47. The van der Waals surface area contributed by atoms with E-state index in [2.05, 4.69) is 48.1 Å². The average Bonchev–Trinajstić information content (AvgIpc) is 2.55. The third-order valence-electron chi connectivity index (χ3n) is 2.05. The van der Waals surface area contributed by atoms with Gasteiger partial charge in [-0.15, -0.1) is 0 Å². The summed E-state index contributed by atoms with van der Waals surface area (Å²) in [5, 5.41) is 5.52. The standard InChI is InChI=1S/C8H8BrIN3OP/c1-4-5-3-6(9)11-8(14-2)7(5)13(12-4)15-10/h3,15H,1-2H3. The van der Waals surface area contributed by atoms with Gasteiger partial charge in [0.2, 0.25) is 5.88 Å². The van der Waals surface area contributed by atoms with Gasteiger partial charge in [-0.25, -0.2) is 9.44 Å². The molecule has 0 aliphatic heterocycles. The summed E-state index contributed by atoms with van der Waals surface area (Å²) in [6.45, 7) is 1.99. The van der Waals surface area contributed by atoms with Crippen molar-refractivity contribution in [2.24, 2.45) is 0 Å². The van der Waals surface area contributed by atoms with E-state index >= 15 is 0 Å². The van der Waals surface area contributed by atoms with Crippen molar-refractivity contribution >= 4 is 55.2 Å². The normalized spacial score (nSPS) is 11.7. The van der Waals surface area contributed by atoms with Gasteiger partial charge in [-0.05, 0) is 51.0 Å². The summed E-state index contributed by atoms with van der Waals surface area (Å²) in [7, 11) is 1.62. The van der Waals surface area contributed by atoms with Crippen molar-refractivity contribution in [2.45, 2.75) is 6.92 Å². The minimum Gasteiger partial charge on any atom is -0.479 e. The highest BCUT2D eigenvalue weighted by molar-refractivity contribution is 14.2. The first-order chi connectivity index (χ1) is 7.17. The van der Waals surface area contributed by atoms with Gasteiger partial charge >= 0.3 is 0 Å². The number of hydrogen-bond donors (Lipinski definition) is 0. The van der Waals surface area contributed by atoms with Gasteiger partial charge in [-0.3, -0.25) is 0 Å². The molecule has 2 rings (SSSR count). The SMILES string of the molecule is COc1nc(Br)cc2c(C)nn(PI)c12. The zero-order valence-corrected chi connectivity index (χ0v) is 12.8. The predicted molar refractivity (Wildman–Crippen MR) is 74.3 cm³/mol. The summed E-state index contributed by atoms with van der Waals surface area (Å²) in [6, 6.07) is 1.97. The summed E-state index contributed by atoms with van der Waals surface area (Å²) in [5.41, 5.74) is 1.96. The van der Waals surface area contributed by atoms with E-state index < -0.39 is 0 Å². The largest absolute Gasteiger partial charge is 0.479 e. The first kappa shape index (κ1) is 11.5. The second-order valence-electron chi connectivity index (χ2n) is 2.93. The second-order valence-corrected chi connectivity index (χ2v) is 5.78. The number of halogens is 2. The van der Waals surface area contributed by atoms with Gasteiger partial charge < -0.3 is 4.74 Å². The molecule has 1 atom stereocenters. The molecule has 0 N–H and O–H groups in total. The third kappa shape index (κ3) is 1.99. The summed E-state index contributed by atoms with van der Waals surface area (Å²) in [4.78, 5) is 4.28. The zero-order chi connectivity index (χ0) is 11.0. The topological polar surface area (TPSA) is 39.9 Å². The molecule has 0 aliphatic carbocycles. The van der Waals surface area contributed by atoms with E-state index in [-0.39, 0.29) is 0 Å². The molecule has 0 spiro atoms. The maximum Gasteiger partial charge on any atom is 0.241 e. The second kappa shape index (κ2) is 4.51. The van der Waals surface area contributed by atoms with Gasteiger partial charge in [0.1, 0.15) is 10.1 Å². The summed E-state index contributed by atoms with van der Waals surface area (Å²) in [5.74, 6) is 0.615. The van der Waals surface area contributed by atoms with Crippen LogP contribution in [0.3, 0.4) is 0 Å². The van der Waals surface area contributed by atoms with E-state index in [1.807, 2.05) is 17.4 Å². The van der Waals surface area contributed by atoms with Gasteiger partial charge in [0.25, 0.3) is 0 Å². The van der Waals surface area contributed by atoms with Gasteiger partial charge in [-0.2, -0.15) is 5.10 Å². The Balaban J connectivity index is 2.86. The number of pyridine rings is 1. The molecular weight excluding hydrogens is 392 g/mol. The van der Waals surface area contributed by atoms with Gasteiger partial charge in [0.15, 0.2) is 0 Å². The minimum atomic E-state index is 0.541. The number of aryl methyl sites for hydroxylation is 1. The predicted octanol–water partition coefficient (Wildman–Crippen LogP) is 3.30. The van der Waals surface area contributed by atoms with Crippen LogP contribution in [0.25, 0.3) is 10.9 Å². The number of methoxy groups -OCH3 is 1. The van der Waals surface area contributed by atoms with Crippen LogP contribution < -0.4 is 4.74 Å². The third-order valence-corrected chi connectivity index (χ3v) is 4.32. The Hall–Kier alpha value is 0.0600. The Labute approximate surface area is 110 Å². The summed E-state index contributed by atoms with van der Waals surface area (Å²) < 4.78 is 7.95. The maximum absolute atomic E-state index is 5.26. The maximum atomic E-state index is 5.26. The molecule has 2 aromatic rings.